The fourth-order valence-corrected chi connectivity index (χ4v) is 3.81. The Labute approximate surface area is 199 Å². The van der Waals surface area contributed by atoms with Gasteiger partial charge in [-0.05, 0) is 0 Å². The summed E-state index contributed by atoms with van der Waals surface area (Å²) in [5, 5.41) is 7.04. The Bertz CT molecular complexity index is 1430. The van der Waals surface area contributed by atoms with Crippen molar-refractivity contribution in [3.63, 3.8) is 0 Å². The molecule has 1 amide bonds. The number of hydrogen-bond donors (Lipinski definition) is 2. The van der Waals surface area contributed by atoms with E-state index in [-0.39, 0.29) is 33.6 Å². The van der Waals surface area contributed by atoms with Crippen molar-refractivity contribution in [3.05, 3.63) is 83.5 Å². The van der Waals surface area contributed by atoms with Crippen molar-refractivity contribution < 1.29 is 22.4 Å². The van der Waals surface area contributed by atoms with E-state index in [0.717, 1.165) is 16.3 Å². The average Bonchev–Trinajstić information content (AvgIpc) is 3.49. The van der Waals surface area contributed by atoms with Crippen LogP contribution in [-0.4, -0.2) is 31.5 Å². The summed E-state index contributed by atoms with van der Waals surface area (Å²) in [6, 6.07) is 9.96. The first-order valence-electron chi connectivity index (χ1n) is 9.77. The predicted octanol–water partition coefficient (Wildman–Crippen LogP) is 4.95. The van der Waals surface area contributed by atoms with Crippen molar-refractivity contribution in [3.8, 4) is 10.6 Å². The molecule has 3 aromatic heterocycles. The molecule has 1 aromatic carbocycles. The molecule has 0 saturated carbocycles. The molecule has 35 heavy (non-hydrogen) atoms. The van der Waals surface area contributed by atoms with E-state index in [2.05, 4.69) is 32.0 Å². The number of carbonyl (C=O) groups is 1. The zero-order chi connectivity index (χ0) is 25.2. The summed E-state index contributed by atoms with van der Waals surface area (Å²) in [4.78, 5) is 24.6. The van der Waals surface area contributed by atoms with E-state index >= 15 is 0 Å². The summed E-state index contributed by atoms with van der Waals surface area (Å²) in [7, 11) is 0. The molecule has 0 aliphatic heterocycles. The standard InChI is InChI=1S/C22H15F4N7OS/c1-2-33-18(13(9-29-33)21-31-16(11-35-21)22(24,25)26)20(34)30-15-8-17(28-10-14(15)23)32-19(27)12-6-4-3-5-7-12/h2-11H,1H2,(H3,27,28,30,32,34). The molecule has 13 heteroatoms. The van der Waals surface area contributed by atoms with E-state index < -0.39 is 23.6 Å². The van der Waals surface area contributed by atoms with E-state index in [1.807, 2.05) is 0 Å². The first kappa shape index (κ1) is 23.8. The normalized spacial score (nSPS) is 11.9. The highest BCUT2D eigenvalue weighted by molar-refractivity contribution is 7.13. The number of carbonyl (C=O) groups excluding carboxylic acids is 1. The molecule has 0 bridgehead atoms. The van der Waals surface area contributed by atoms with Gasteiger partial charge in [-0.15, -0.1) is 11.3 Å². The largest absolute Gasteiger partial charge is 0.434 e. The third-order valence-corrected chi connectivity index (χ3v) is 5.48. The number of amidine groups is 1. The summed E-state index contributed by atoms with van der Waals surface area (Å²) in [5.74, 6) is -1.58. The van der Waals surface area contributed by atoms with Gasteiger partial charge in [-0.2, -0.15) is 18.3 Å². The third-order valence-electron chi connectivity index (χ3n) is 4.60. The number of amides is 1. The summed E-state index contributed by atoms with van der Waals surface area (Å²) in [6.07, 6.45) is -1.44. The number of thiazole rings is 1. The second kappa shape index (κ2) is 9.46. The first-order valence-corrected chi connectivity index (χ1v) is 10.6. The van der Waals surface area contributed by atoms with E-state index in [1.54, 1.807) is 30.3 Å². The molecule has 0 atom stereocenters. The van der Waals surface area contributed by atoms with E-state index in [0.29, 0.717) is 16.9 Å². The van der Waals surface area contributed by atoms with E-state index in [9.17, 15) is 22.4 Å². The number of nitrogens with two attached hydrogens (primary N) is 1. The molecule has 0 fully saturated rings. The summed E-state index contributed by atoms with van der Waals surface area (Å²) in [6.45, 7) is 3.53. The van der Waals surface area contributed by atoms with Crippen molar-refractivity contribution in [1.29, 1.82) is 0 Å². The number of benzene rings is 1. The van der Waals surface area contributed by atoms with Crippen molar-refractivity contribution in [2.24, 2.45) is 10.7 Å². The number of nitrogens with one attached hydrogen (secondary N) is 1. The summed E-state index contributed by atoms with van der Waals surface area (Å²) < 4.78 is 54.4. The molecular weight excluding hydrogens is 486 g/mol. The smallest absolute Gasteiger partial charge is 0.383 e. The zero-order valence-corrected chi connectivity index (χ0v) is 18.4. The van der Waals surface area contributed by atoms with Crippen LogP contribution in [0.2, 0.25) is 0 Å². The van der Waals surface area contributed by atoms with Gasteiger partial charge in [0.25, 0.3) is 5.91 Å². The fraction of sp³-hybridized carbons (Fsp3) is 0.0455. The quantitative estimate of drug-likeness (QED) is 0.221. The number of alkyl halides is 3. The van der Waals surface area contributed by atoms with Gasteiger partial charge >= 0.3 is 6.18 Å². The molecule has 4 rings (SSSR count). The zero-order valence-electron chi connectivity index (χ0n) is 17.6. The molecule has 178 valence electrons. The Kier molecular flexibility index (Phi) is 6.42. The number of hydrogen-bond acceptors (Lipinski definition) is 6. The molecule has 0 aliphatic carbocycles. The van der Waals surface area contributed by atoms with Gasteiger partial charge in [0, 0.05) is 23.2 Å². The average molecular weight is 501 g/mol. The van der Waals surface area contributed by atoms with Crippen LogP contribution >= 0.6 is 11.3 Å². The van der Waals surface area contributed by atoms with Crippen LogP contribution in [0.4, 0.5) is 29.1 Å². The topological polar surface area (TPSA) is 111 Å². The van der Waals surface area contributed by atoms with Crippen LogP contribution in [0.25, 0.3) is 16.8 Å². The molecule has 0 spiro atoms. The van der Waals surface area contributed by atoms with Gasteiger partial charge < -0.3 is 11.1 Å². The summed E-state index contributed by atoms with van der Waals surface area (Å²) in [5.41, 5.74) is 5.04. The Morgan fingerprint density at radius 3 is 2.63 bits per heavy atom. The van der Waals surface area contributed by atoms with Gasteiger partial charge in [0.05, 0.1) is 23.6 Å². The lowest BCUT2D eigenvalue weighted by molar-refractivity contribution is -0.140. The highest BCUT2D eigenvalue weighted by Crippen LogP contribution is 2.35. The molecule has 8 nitrogen and oxygen atoms in total. The van der Waals surface area contributed by atoms with Crippen LogP contribution in [0.5, 0.6) is 0 Å². The minimum Gasteiger partial charge on any atom is -0.383 e. The fourth-order valence-electron chi connectivity index (χ4n) is 2.97. The molecule has 3 N–H and O–H groups in total. The van der Waals surface area contributed by atoms with Gasteiger partial charge in [-0.25, -0.2) is 24.0 Å². The third kappa shape index (κ3) is 5.09. The van der Waals surface area contributed by atoms with Crippen LogP contribution in [0.3, 0.4) is 0 Å². The SMILES string of the molecule is C=Cn1ncc(-c2nc(C(F)(F)F)cs2)c1C(=O)Nc1cc(N=C(N)c2ccccc2)ncc1F. The highest BCUT2D eigenvalue weighted by atomic mass is 32.1. The lowest BCUT2D eigenvalue weighted by atomic mass is 10.2. The van der Waals surface area contributed by atoms with Crippen molar-refractivity contribution in [2.75, 3.05) is 5.32 Å². The van der Waals surface area contributed by atoms with Crippen molar-refractivity contribution in [2.45, 2.75) is 6.18 Å². The van der Waals surface area contributed by atoms with Gasteiger partial charge in [0.2, 0.25) is 0 Å². The second-order valence-electron chi connectivity index (χ2n) is 6.91. The highest BCUT2D eigenvalue weighted by Gasteiger charge is 2.34. The maximum Gasteiger partial charge on any atom is 0.434 e. The van der Waals surface area contributed by atoms with E-state index in [4.69, 9.17) is 5.73 Å². The predicted molar refractivity (Wildman–Crippen MR) is 124 cm³/mol. The number of anilines is 1. The number of halogens is 4. The van der Waals surface area contributed by atoms with Crippen molar-refractivity contribution in [1.82, 2.24) is 19.7 Å². The Balaban J connectivity index is 1.66. The summed E-state index contributed by atoms with van der Waals surface area (Å²) >= 11 is 0.687. The lowest BCUT2D eigenvalue weighted by Gasteiger charge is -2.09. The number of nitrogens with zero attached hydrogens (tertiary/aromatic N) is 5. The molecule has 3 heterocycles. The van der Waals surface area contributed by atoms with Crippen LogP contribution in [0, 0.1) is 5.82 Å². The van der Waals surface area contributed by atoms with Crippen LogP contribution in [0.1, 0.15) is 21.7 Å². The molecule has 0 unspecified atom stereocenters. The van der Waals surface area contributed by atoms with Crippen LogP contribution < -0.4 is 11.1 Å². The Morgan fingerprint density at radius 2 is 1.97 bits per heavy atom. The van der Waals surface area contributed by atoms with Crippen molar-refractivity contribution >= 4 is 40.8 Å². The van der Waals surface area contributed by atoms with Gasteiger partial charge in [-0.1, -0.05) is 36.9 Å². The molecule has 0 saturated heterocycles. The number of aliphatic imine (C=N–C) groups is 1. The molecular formula is C22H15F4N7OS. The number of rotatable bonds is 6. The molecule has 0 aliphatic rings. The lowest BCUT2D eigenvalue weighted by Crippen LogP contribution is -2.18. The Morgan fingerprint density at radius 1 is 1.23 bits per heavy atom. The van der Waals surface area contributed by atoms with Crippen LogP contribution in [0.15, 0.2) is 65.7 Å². The monoisotopic (exact) mass is 501 g/mol. The molecule has 4 aromatic rings. The van der Waals surface area contributed by atoms with E-state index in [1.165, 1.54) is 18.5 Å². The Hall–Kier alpha value is -4.39. The number of pyridine rings is 1. The maximum absolute atomic E-state index is 14.4. The first-order chi connectivity index (χ1) is 16.7. The minimum atomic E-state index is -4.65. The van der Waals surface area contributed by atoms with Crippen LogP contribution in [-0.2, 0) is 6.18 Å². The van der Waals surface area contributed by atoms with Gasteiger partial charge in [0.15, 0.2) is 17.3 Å². The molecule has 0 radical (unpaired) electrons. The maximum atomic E-state index is 14.4. The van der Waals surface area contributed by atoms with Gasteiger partial charge in [0.1, 0.15) is 16.5 Å². The number of aromatic nitrogens is 4. The van der Waals surface area contributed by atoms with Gasteiger partial charge in [-0.3, -0.25) is 4.79 Å². The second-order valence-corrected chi connectivity index (χ2v) is 7.77. The minimum absolute atomic E-state index is 0.0175.